The van der Waals surface area contributed by atoms with Crippen molar-refractivity contribution < 1.29 is 0 Å². The lowest BCUT2D eigenvalue weighted by molar-refractivity contribution is 1.15. The highest BCUT2D eigenvalue weighted by molar-refractivity contribution is 6.16. The molecule has 0 aliphatic rings. The first-order chi connectivity index (χ1) is 36.6. The predicted octanol–water partition coefficient (Wildman–Crippen LogP) is 18.6. The molecule has 0 N–H and O–H groups in total. The van der Waals surface area contributed by atoms with E-state index in [-0.39, 0.29) is 0 Å². The Kier molecular flexibility index (Phi) is 9.08. The van der Waals surface area contributed by atoms with Crippen molar-refractivity contribution in [3.8, 4) is 45.0 Å². The van der Waals surface area contributed by atoms with Gasteiger partial charge >= 0.3 is 0 Å². The molecule has 0 aliphatic heterocycles. The van der Waals surface area contributed by atoms with Crippen LogP contribution < -0.4 is 0 Å². The maximum atomic E-state index is 9.00. The third kappa shape index (κ3) is 5.91. The Bertz CT molecular complexity index is 4760. The highest BCUT2D eigenvalue weighted by Crippen LogP contribution is 2.50. The molecule has 0 atom stereocenters. The monoisotopic (exact) mass is 943 g/mol. The molecule has 15 rings (SSSR count). The van der Waals surface area contributed by atoms with Crippen LogP contribution in [0.2, 0.25) is 0 Å². The smallest absolute Gasteiger partial charge is 0.197 e. The molecule has 5 nitrogen and oxygen atoms in total. The van der Waals surface area contributed by atoms with Gasteiger partial charge in [-0.2, -0.15) is 0 Å². The lowest BCUT2D eigenvalue weighted by atomic mass is 9.87. The van der Waals surface area contributed by atoms with Crippen LogP contribution >= 0.6 is 0 Å². The van der Waals surface area contributed by atoms with Gasteiger partial charge in [0.2, 0.25) is 0 Å². The van der Waals surface area contributed by atoms with Crippen molar-refractivity contribution in [2.24, 2.45) is 0 Å². The summed E-state index contributed by atoms with van der Waals surface area (Å²) in [6, 6.07) is 85.7. The second kappa shape index (κ2) is 16.1. The van der Waals surface area contributed by atoms with Crippen LogP contribution in [-0.4, -0.2) is 18.3 Å². The molecule has 0 bridgehead atoms. The van der Waals surface area contributed by atoms with Gasteiger partial charge in [0.05, 0.1) is 56.4 Å². The van der Waals surface area contributed by atoms with E-state index in [2.05, 4.69) is 267 Å². The molecular weight excluding hydrogens is 899 g/mol. The average Bonchev–Trinajstić information content (AvgIpc) is 4.17. The number of aromatic nitrogens is 4. The van der Waals surface area contributed by atoms with Crippen molar-refractivity contribution in [2.45, 2.75) is 13.8 Å². The molecule has 0 saturated heterocycles. The van der Waals surface area contributed by atoms with Gasteiger partial charge < -0.3 is 18.3 Å². The van der Waals surface area contributed by atoms with Crippen LogP contribution in [0.1, 0.15) is 11.1 Å². The Morgan fingerprint density at radius 1 is 0.284 bits per heavy atom. The van der Waals surface area contributed by atoms with E-state index in [1.165, 1.54) is 60.3 Å². The van der Waals surface area contributed by atoms with Gasteiger partial charge in [-0.1, -0.05) is 152 Å². The number of benzene rings is 11. The summed E-state index contributed by atoms with van der Waals surface area (Å²) in [4.78, 5) is 4.42. The van der Waals surface area contributed by atoms with E-state index in [0.717, 1.165) is 83.1 Å². The molecule has 11 aromatic carbocycles. The van der Waals surface area contributed by atoms with Gasteiger partial charge in [-0.15, -0.1) is 0 Å². The third-order valence-electron chi connectivity index (χ3n) is 15.7. The maximum Gasteiger partial charge on any atom is 0.197 e. The first-order valence-electron chi connectivity index (χ1n) is 25.3. The van der Waals surface area contributed by atoms with Crippen LogP contribution in [0.5, 0.6) is 0 Å². The number of nitrogens with zero attached hydrogens (tertiary/aromatic N) is 5. The fourth-order valence-electron chi connectivity index (χ4n) is 12.6. The van der Waals surface area contributed by atoms with Crippen LogP contribution in [0.4, 0.5) is 5.69 Å². The minimum Gasteiger partial charge on any atom is -0.310 e. The molecule has 5 heteroatoms. The van der Waals surface area contributed by atoms with Crippen LogP contribution in [-0.2, 0) is 0 Å². The molecule has 4 aromatic heterocycles. The van der Waals surface area contributed by atoms with Crippen molar-refractivity contribution >= 4 is 92.9 Å². The summed E-state index contributed by atoms with van der Waals surface area (Å²) in [6.07, 6.45) is 0. The van der Waals surface area contributed by atoms with Crippen LogP contribution in [0.25, 0.3) is 137 Å². The van der Waals surface area contributed by atoms with Gasteiger partial charge in [0.25, 0.3) is 0 Å². The Hall–Kier alpha value is -9.89. The van der Waals surface area contributed by atoms with E-state index >= 15 is 0 Å². The zero-order valence-electron chi connectivity index (χ0n) is 40.8. The van der Waals surface area contributed by atoms with Gasteiger partial charge in [-0.25, -0.2) is 4.85 Å². The molecule has 346 valence electrons. The molecular formula is C69H45N5. The van der Waals surface area contributed by atoms with Gasteiger partial charge in [0.1, 0.15) is 0 Å². The third-order valence-corrected chi connectivity index (χ3v) is 15.7. The Labute approximate surface area is 427 Å². The van der Waals surface area contributed by atoms with Crippen LogP contribution in [0.3, 0.4) is 0 Å². The largest absolute Gasteiger partial charge is 0.310 e. The number of para-hydroxylation sites is 6. The van der Waals surface area contributed by atoms with Crippen LogP contribution in [0, 0.1) is 20.4 Å². The van der Waals surface area contributed by atoms with E-state index in [1.807, 2.05) is 6.07 Å². The predicted molar refractivity (Wildman–Crippen MR) is 310 cm³/mol. The van der Waals surface area contributed by atoms with Crippen molar-refractivity contribution in [1.82, 2.24) is 18.3 Å². The van der Waals surface area contributed by atoms with Crippen molar-refractivity contribution in [3.05, 3.63) is 259 Å². The Balaban J connectivity index is 1.03. The standard InChI is InChI=1S/C69H45N5/c1-43-19-16-20-44(2)67(43)53-27-17-35-65(73-61-33-14-8-25-51(61)54-41-45(37-39-63(54)73)71-57-29-10-4-21-47(57)48-22-5-11-30-58(48)71)68(53)69-56(70-3)28-18-36-66(69)74-62-34-15-9-26-52(62)55-42-46(38-40-64(55)74)72-59-31-12-6-23-49(59)50-24-7-13-32-60(50)72/h4-42H,1-2H3. The van der Waals surface area contributed by atoms with Crippen molar-refractivity contribution in [1.29, 1.82) is 0 Å². The van der Waals surface area contributed by atoms with E-state index in [4.69, 9.17) is 6.57 Å². The molecule has 0 radical (unpaired) electrons. The molecule has 15 aromatic rings. The molecule has 0 amide bonds. The molecule has 0 fully saturated rings. The first kappa shape index (κ1) is 41.9. The molecule has 0 unspecified atom stereocenters. The highest BCUT2D eigenvalue weighted by Gasteiger charge is 2.27. The maximum absolute atomic E-state index is 9.00. The normalized spacial score (nSPS) is 11.9. The number of aryl methyl sites for hydroxylation is 2. The first-order valence-corrected chi connectivity index (χ1v) is 25.3. The minimum absolute atomic E-state index is 0.588. The summed E-state index contributed by atoms with van der Waals surface area (Å²) < 4.78 is 9.64. The quantitative estimate of drug-likeness (QED) is 0.148. The minimum atomic E-state index is 0.588. The summed E-state index contributed by atoms with van der Waals surface area (Å²) in [5, 5.41) is 9.54. The zero-order valence-corrected chi connectivity index (χ0v) is 40.8. The van der Waals surface area contributed by atoms with E-state index in [0.29, 0.717) is 5.69 Å². The number of hydrogen-bond acceptors (Lipinski definition) is 0. The van der Waals surface area contributed by atoms with Gasteiger partial charge in [0.15, 0.2) is 5.69 Å². The number of hydrogen-bond donors (Lipinski definition) is 0. The summed E-state index contributed by atoms with van der Waals surface area (Å²) in [5.41, 5.74) is 20.3. The molecule has 4 heterocycles. The molecule has 0 spiro atoms. The van der Waals surface area contributed by atoms with Gasteiger partial charge in [0, 0.05) is 71.3 Å². The Morgan fingerprint density at radius 3 is 1.04 bits per heavy atom. The lowest BCUT2D eigenvalue weighted by Crippen LogP contribution is -2.04. The van der Waals surface area contributed by atoms with Gasteiger partial charge in [-0.05, 0) is 121 Å². The SMILES string of the molecule is [C-]#[N+]c1cccc(-n2c3ccccc3c3cc(-n4c5ccccc5c5ccccc54)ccc32)c1-c1c(-c2c(C)cccc2C)cccc1-n1c2ccccc2c2cc(-n3c4ccccc4c4ccccc43)ccc21. The highest BCUT2D eigenvalue weighted by atomic mass is 15.0. The fraction of sp³-hybridized carbons (Fsp3) is 0.0290. The zero-order chi connectivity index (χ0) is 49.2. The topological polar surface area (TPSA) is 24.1 Å². The van der Waals surface area contributed by atoms with E-state index < -0.39 is 0 Å². The second-order valence-electron chi connectivity index (χ2n) is 19.6. The van der Waals surface area contributed by atoms with Crippen LogP contribution in [0.15, 0.2) is 237 Å². The molecule has 74 heavy (non-hydrogen) atoms. The summed E-state index contributed by atoms with van der Waals surface area (Å²) in [7, 11) is 0. The summed E-state index contributed by atoms with van der Waals surface area (Å²) in [5.74, 6) is 0. The summed E-state index contributed by atoms with van der Waals surface area (Å²) in [6.45, 7) is 13.4. The fourth-order valence-corrected chi connectivity index (χ4v) is 12.6. The number of fused-ring (bicyclic) bond motifs is 12. The lowest BCUT2D eigenvalue weighted by Gasteiger charge is -2.24. The Morgan fingerprint density at radius 2 is 0.622 bits per heavy atom. The average molecular weight is 944 g/mol. The van der Waals surface area contributed by atoms with E-state index in [1.54, 1.807) is 0 Å². The van der Waals surface area contributed by atoms with Crippen molar-refractivity contribution in [3.63, 3.8) is 0 Å². The molecule has 0 saturated carbocycles. The van der Waals surface area contributed by atoms with Gasteiger partial charge in [-0.3, -0.25) is 0 Å². The molecule has 0 aliphatic carbocycles. The number of rotatable bonds is 6. The summed E-state index contributed by atoms with van der Waals surface area (Å²) >= 11 is 0. The second-order valence-corrected chi connectivity index (χ2v) is 19.6. The van der Waals surface area contributed by atoms with Crippen molar-refractivity contribution in [2.75, 3.05) is 0 Å². The van der Waals surface area contributed by atoms with E-state index in [9.17, 15) is 0 Å².